The maximum absolute atomic E-state index is 10.3. The Kier molecular flexibility index (Phi) is 2.28. The number of carboxylic acid groups (broad SMARTS) is 1. The first-order valence-electron chi connectivity index (χ1n) is 3.52. The average molecular weight is 166 g/mol. The summed E-state index contributed by atoms with van der Waals surface area (Å²) in [4.78, 5) is 14.2. The molecule has 0 fully saturated rings. The highest BCUT2D eigenvalue weighted by Gasteiger charge is 2.02. The summed E-state index contributed by atoms with van der Waals surface area (Å²) in [6, 6.07) is 1.73. The van der Waals surface area contributed by atoms with Gasteiger partial charge < -0.3 is 10.8 Å². The molecule has 0 aliphatic rings. The summed E-state index contributed by atoms with van der Waals surface area (Å²) >= 11 is 0. The van der Waals surface area contributed by atoms with Crippen molar-refractivity contribution in [2.45, 2.75) is 13.3 Å². The minimum Gasteiger partial charge on any atom is -0.481 e. The summed E-state index contributed by atoms with van der Waals surface area (Å²) in [6.45, 7) is 1.80. The number of anilines is 1. The van der Waals surface area contributed by atoms with Gasteiger partial charge in [-0.3, -0.25) is 4.79 Å². The fraction of sp³-hybridized carbons (Fsp3) is 0.250. The van der Waals surface area contributed by atoms with E-state index in [2.05, 4.69) is 4.98 Å². The molecule has 1 aromatic rings. The molecule has 1 heterocycles. The monoisotopic (exact) mass is 166 g/mol. The molecular weight excluding hydrogens is 156 g/mol. The first-order chi connectivity index (χ1) is 5.59. The standard InChI is InChI=1S/C8H10N2O2/c1-5-2-6(3-7(11)12)4-10-8(5)9/h2,4H,3H2,1H3,(H2,9,10)(H,11,12). The number of aryl methyl sites for hydroxylation is 1. The Hall–Kier alpha value is -1.58. The number of hydrogen-bond acceptors (Lipinski definition) is 3. The normalized spacial score (nSPS) is 9.75. The highest BCUT2D eigenvalue weighted by Crippen LogP contribution is 2.09. The second-order valence-corrected chi connectivity index (χ2v) is 2.62. The number of rotatable bonds is 2. The third kappa shape index (κ3) is 1.95. The second-order valence-electron chi connectivity index (χ2n) is 2.62. The van der Waals surface area contributed by atoms with E-state index in [0.29, 0.717) is 11.4 Å². The van der Waals surface area contributed by atoms with Crippen molar-refractivity contribution in [3.8, 4) is 0 Å². The molecule has 1 aromatic heterocycles. The van der Waals surface area contributed by atoms with E-state index in [-0.39, 0.29) is 6.42 Å². The topological polar surface area (TPSA) is 76.2 Å². The van der Waals surface area contributed by atoms with Crippen LogP contribution < -0.4 is 5.73 Å². The number of hydrogen-bond donors (Lipinski definition) is 2. The lowest BCUT2D eigenvalue weighted by Gasteiger charge is -2.00. The fourth-order valence-electron chi connectivity index (χ4n) is 0.915. The minimum atomic E-state index is -0.860. The summed E-state index contributed by atoms with van der Waals surface area (Å²) < 4.78 is 0. The molecule has 4 heteroatoms. The van der Waals surface area contributed by atoms with Gasteiger partial charge in [0.15, 0.2) is 0 Å². The van der Waals surface area contributed by atoms with Crippen LogP contribution in [0.3, 0.4) is 0 Å². The first kappa shape index (κ1) is 8.52. The molecule has 3 N–H and O–H groups in total. The molecule has 0 radical (unpaired) electrons. The average Bonchev–Trinajstić information content (AvgIpc) is 1.96. The number of nitrogen functional groups attached to an aromatic ring is 1. The maximum atomic E-state index is 10.3. The SMILES string of the molecule is Cc1cc(CC(=O)O)cnc1N. The van der Waals surface area contributed by atoms with E-state index in [1.54, 1.807) is 13.0 Å². The third-order valence-corrected chi connectivity index (χ3v) is 1.53. The molecule has 4 nitrogen and oxygen atoms in total. The van der Waals surface area contributed by atoms with Gasteiger partial charge in [-0.2, -0.15) is 0 Å². The number of nitrogens with zero attached hydrogens (tertiary/aromatic N) is 1. The molecule has 0 saturated carbocycles. The molecule has 0 saturated heterocycles. The van der Waals surface area contributed by atoms with Gasteiger partial charge in [0.1, 0.15) is 5.82 Å². The van der Waals surface area contributed by atoms with Gasteiger partial charge >= 0.3 is 5.97 Å². The van der Waals surface area contributed by atoms with Crippen LogP contribution in [0.25, 0.3) is 0 Å². The van der Waals surface area contributed by atoms with Crippen molar-refractivity contribution in [1.29, 1.82) is 0 Å². The van der Waals surface area contributed by atoms with Crippen molar-refractivity contribution in [2.75, 3.05) is 5.73 Å². The highest BCUT2D eigenvalue weighted by atomic mass is 16.4. The first-order valence-corrected chi connectivity index (χ1v) is 3.52. The molecule has 64 valence electrons. The number of aromatic nitrogens is 1. The smallest absolute Gasteiger partial charge is 0.307 e. The van der Waals surface area contributed by atoms with Crippen molar-refractivity contribution in [2.24, 2.45) is 0 Å². The van der Waals surface area contributed by atoms with Crippen molar-refractivity contribution in [3.63, 3.8) is 0 Å². The Balaban J connectivity index is 2.89. The number of aliphatic carboxylic acids is 1. The van der Waals surface area contributed by atoms with Crippen LogP contribution in [-0.4, -0.2) is 16.1 Å². The largest absolute Gasteiger partial charge is 0.481 e. The zero-order chi connectivity index (χ0) is 9.14. The van der Waals surface area contributed by atoms with Gasteiger partial charge in [0.05, 0.1) is 6.42 Å². The van der Waals surface area contributed by atoms with Crippen LogP contribution in [0.15, 0.2) is 12.3 Å². The Morgan fingerprint density at radius 3 is 2.92 bits per heavy atom. The van der Waals surface area contributed by atoms with Crippen LogP contribution in [-0.2, 0) is 11.2 Å². The van der Waals surface area contributed by atoms with Crippen LogP contribution in [0.5, 0.6) is 0 Å². The fourth-order valence-corrected chi connectivity index (χ4v) is 0.915. The zero-order valence-corrected chi connectivity index (χ0v) is 6.74. The van der Waals surface area contributed by atoms with Crippen LogP contribution in [0.1, 0.15) is 11.1 Å². The predicted octanol–water partition coefficient (Wildman–Crippen LogP) is 0.599. The maximum Gasteiger partial charge on any atom is 0.307 e. The van der Waals surface area contributed by atoms with Gasteiger partial charge in [0, 0.05) is 6.20 Å². The summed E-state index contributed by atoms with van der Waals surface area (Å²) in [5, 5.41) is 8.47. The van der Waals surface area contributed by atoms with Crippen molar-refractivity contribution >= 4 is 11.8 Å². The lowest BCUT2D eigenvalue weighted by molar-refractivity contribution is -0.136. The molecule has 0 amide bonds. The summed E-state index contributed by atoms with van der Waals surface area (Å²) in [5.41, 5.74) is 6.95. The Labute approximate surface area is 70.0 Å². The van der Waals surface area contributed by atoms with Gasteiger partial charge in [-0.1, -0.05) is 6.07 Å². The van der Waals surface area contributed by atoms with Crippen molar-refractivity contribution < 1.29 is 9.90 Å². The summed E-state index contributed by atoms with van der Waals surface area (Å²) in [7, 11) is 0. The van der Waals surface area contributed by atoms with Gasteiger partial charge in [-0.15, -0.1) is 0 Å². The van der Waals surface area contributed by atoms with Crippen molar-refractivity contribution in [3.05, 3.63) is 23.4 Å². The van der Waals surface area contributed by atoms with Crippen LogP contribution >= 0.6 is 0 Å². The Bertz CT molecular complexity index is 310. The lowest BCUT2D eigenvalue weighted by atomic mass is 10.1. The second kappa shape index (κ2) is 3.21. The molecule has 0 unspecified atom stereocenters. The quantitative estimate of drug-likeness (QED) is 0.674. The molecule has 0 aromatic carbocycles. The van der Waals surface area contributed by atoms with Crippen molar-refractivity contribution in [1.82, 2.24) is 4.98 Å². The van der Waals surface area contributed by atoms with E-state index < -0.39 is 5.97 Å². The van der Waals surface area contributed by atoms with Crippen LogP contribution in [0.4, 0.5) is 5.82 Å². The minimum absolute atomic E-state index is 0.00583. The van der Waals surface area contributed by atoms with Crippen LogP contribution in [0.2, 0.25) is 0 Å². The van der Waals surface area contributed by atoms with E-state index in [9.17, 15) is 4.79 Å². The summed E-state index contributed by atoms with van der Waals surface area (Å²) in [6.07, 6.45) is 1.48. The molecule has 0 aliphatic carbocycles. The molecule has 0 aliphatic heterocycles. The number of pyridine rings is 1. The third-order valence-electron chi connectivity index (χ3n) is 1.53. The summed E-state index contributed by atoms with van der Waals surface area (Å²) in [5.74, 6) is -0.412. The molecule has 1 rings (SSSR count). The molecule has 12 heavy (non-hydrogen) atoms. The van der Waals surface area contributed by atoms with Gasteiger partial charge in [0.2, 0.25) is 0 Å². The predicted molar refractivity (Wildman–Crippen MR) is 44.7 cm³/mol. The molecular formula is C8H10N2O2. The Morgan fingerprint density at radius 1 is 1.75 bits per heavy atom. The van der Waals surface area contributed by atoms with E-state index in [4.69, 9.17) is 10.8 Å². The highest BCUT2D eigenvalue weighted by molar-refractivity contribution is 5.70. The van der Waals surface area contributed by atoms with E-state index in [1.807, 2.05) is 0 Å². The van der Waals surface area contributed by atoms with Crippen LogP contribution in [0, 0.1) is 6.92 Å². The van der Waals surface area contributed by atoms with Gasteiger partial charge in [-0.05, 0) is 18.1 Å². The zero-order valence-electron chi connectivity index (χ0n) is 6.74. The van der Waals surface area contributed by atoms with E-state index in [0.717, 1.165) is 5.56 Å². The molecule has 0 atom stereocenters. The number of carbonyl (C=O) groups is 1. The van der Waals surface area contributed by atoms with E-state index in [1.165, 1.54) is 6.20 Å². The number of carboxylic acids is 1. The Morgan fingerprint density at radius 2 is 2.42 bits per heavy atom. The molecule has 0 bridgehead atoms. The molecule has 0 spiro atoms. The van der Waals surface area contributed by atoms with Gasteiger partial charge in [-0.25, -0.2) is 4.98 Å². The lowest BCUT2D eigenvalue weighted by Crippen LogP contribution is -2.02. The van der Waals surface area contributed by atoms with Gasteiger partial charge in [0.25, 0.3) is 0 Å². The van der Waals surface area contributed by atoms with E-state index >= 15 is 0 Å². The number of nitrogens with two attached hydrogens (primary N) is 1.